The minimum absolute atomic E-state index is 0.105. The van der Waals surface area contributed by atoms with Crippen molar-refractivity contribution in [3.8, 4) is 5.75 Å². The van der Waals surface area contributed by atoms with Crippen LogP contribution < -0.4 is 5.76 Å². The van der Waals surface area contributed by atoms with E-state index in [1.165, 1.54) is 12.1 Å². The van der Waals surface area contributed by atoms with E-state index in [2.05, 4.69) is 9.40 Å². The number of rotatable bonds is 0. The van der Waals surface area contributed by atoms with E-state index in [0.717, 1.165) is 0 Å². The van der Waals surface area contributed by atoms with Gasteiger partial charge in [0.15, 0.2) is 5.58 Å². The van der Waals surface area contributed by atoms with E-state index in [9.17, 15) is 4.79 Å². The number of halogens is 1. The molecular formula is C7H4ClNO3. The van der Waals surface area contributed by atoms with Gasteiger partial charge in [0.25, 0.3) is 0 Å². The number of oxazole rings is 1. The molecule has 2 N–H and O–H groups in total. The van der Waals surface area contributed by atoms with E-state index in [-0.39, 0.29) is 10.8 Å². The summed E-state index contributed by atoms with van der Waals surface area (Å²) in [6.45, 7) is 0. The van der Waals surface area contributed by atoms with Crippen LogP contribution in [0.4, 0.5) is 0 Å². The first kappa shape index (κ1) is 7.24. The summed E-state index contributed by atoms with van der Waals surface area (Å²) < 4.78 is 4.67. The average molecular weight is 186 g/mol. The smallest absolute Gasteiger partial charge is 0.417 e. The zero-order valence-corrected chi connectivity index (χ0v) is 6.55. The van der Waals surface area contributed by atoms with Crippen molar-refractivity contribution in [1.29, 1.82) is 0 Å². The summed E-state index contributed by atoms with van der Waals surface area (Å²) in [6.07, 6.45) is 0. The van der Waals surface area contributed by atoms with Crippen molar-refractivity contribution in [2.45, 2.75) is 0 Å². The van der Waals surface area contributed by atoms with Crippen LogP contribution >= 0.6 is 11.6 Å². The molecule has 0 aliphatic rings. The summed E-state index contributed by atoms with van der Waals surface area (Å²) in [6, 6.07) is 2.71. The van der Waals surface area contributed by atoms with Gasteiger partial charge in [-0.2, -0.15) is 0 Å². The van der Waals surface area contributed by atoms with Crippen molar-refractivity contribution in [2.24, 2.45) is 0 Å². The molecule has 0 aliphatic carbocycles. The third kappa shape index (κ3) is 0.967. The van der Waals surface area contributed by atoms with Gasteiger partial charge in [-0.1, -0.05) is 11.6 Å². The van der Waals surface area contributed by atoms with E-state index >= 15 is 0 Å². The molecule has 0 fully saturated rings. The summed E-state index contributed by atoms with van der Waals surface area (Å²) in [7, 11) is 0. The van der Waals surface area contributed by atoms with Crippen LogP contribution in [0.1, 0.15) is 0 Å². The molecule has 0 saturated heterocycles. The van der Waals surface area contributed by atoms with Crippen LogP contribution in [0.3, 0.4) is 0 Å². The fourth-order valence-corrected chi connectivity index (χ4v) is 1.12. The maximum Gasteiger partial charge on any atom is 0.417 e. The first-order chi connectivity index (χ1) is 5.66. The van der Waals surface area contributed by atoms with Gasteiger partial charge < -0.3 is 9.52 Å². The highest BCUT2D eigenvalue weighted by Crippen LogP contribution is 2.26. The van der Waals surface area contributed by atoms with Gasteiger partial charge in [0.2, 0.25) is 0 Å². The second kappa shape index (κ2) is 2.28. The zero-order valence-electron chi connectivity index (χ0n) is 5.80. The molecule has 1 heterocycles. The van der Waals surface area contributed by atoms with Crippen molar-refractivity contribution in [3.05, 3.63) is 27.7 Å². The maximum absolute atomic E-state index is 10.7. The molecule has 0 atom stereocenters. The molecule has 0 bridgehead atoms. The van der Waals surface area contributed by atoms with Gasteiger partial charge in [-0.25, -0.2) is 4.79 Å². The lowest BCUT2D eigenvalue weighted by molar-refractivity contribution is 0.474. The first-order valence-electron chi connectivity index (χ1n) is 3.18. The highest BCUT2D eigenvalue weighted by atomic mass is 35.5. The molecule has 0 unspecified atom stereocenters. The standard InChI is InChI=1S/C7H4ClNO3/c8-3-1-4-6(2-5(3)10)12-7(11)9-4/h1-2,10H,(H,9,11). The molecule has 4 nitrogen and oxygen atoms in total. The van der Waals surface area contributed by atoms with Gasteiger partial charge in [-0.15, -0.1) is 0 Å². The van der Waals surface area contributed by atoms with Gasteiger partial charge in [0.05, 0.1) is 10.5 Å². The number of phenolic OH excluding ortho intramolecular Hbond substituents is 1. The molecule has 1 aromatic carbocycles. The Hall–Kier alpha value is -1.42. The van der Waals surface area contributed by atoms with Crippen LogP contribution in [-0.4, -0.2) is 10.1 Å². The molecule has 2 rings (SSSR count). The van der Waals surface area contributed by atoms with E-state index in [1.54, 1.807) is 0 Å². The van der Waals surface area contributed by atoms with Gasteiger partial charge >= 0.3 is 5.76 Å². The number of benzene rings is 1. The Morgan fingerprint density at radius 1 is 1.50 bits per heavy atom. The molecular weight excluding hydrogens is 182 g/mol. The Balaban J connectivity index is 2.92. The lowest BCUT2D eigenvalue weighted by atomic mass is 10.3. The van der Waals surface area contributed by atoms with Crippen molar-refractivity contribution < 1.29 is 9.52 Å². The van der Waals surface area contributed by atoms with Crippen LogP contribution in [0.25, 0.3) is 11.1 Å². The van der Waals surface area contributed by atoms with Crippen molar-refractivity contribution >= 4 is 22.7 Å². The lowest BCUT2D eigenvalue weighted by Crippen LogP contribution is -1.92. The highest BCUT2D eigenvalue weighted by Gasteiger charge is 2.05. The van der Waals surface area contributed by atoms with Gasteiger partial charge in [-0.05, 0) is 6.07 Å². The third-order valence-electron chi connectivity index (χ3n) is 1.49. The Morgan fingerprint density at radius 3 is 3.00 bits per heavy atom. The predicted molar refractivity (Wildman–Crippen MR) is 43.5 cm³/mol. The van der Waals surface area contributed by atoms with Crippen LogP contribution in [-0.2, 0) is 0 Å². The zero-order chi connectivity index (χ0) is 8.72. The van der Waals surface area contributed by atoms with Crippen LogP contribution in [0.5, 0.6) is 5.75 Å². The molecule has 12 heavy (non-hydrogen) atoms. The lowest BCUT2D eigenvalue weighted by Gasteiger charge is -1.93. The second-order valence-corrected chi connectivity index (χ2v) is 2.72. The minimum atomic E-state index is -0.563. The largest absolute Gasteiger partial charge is 0.506 e. The molecule has 0 aliphatic heterocycles. The van der Waals surface area contributed by atoms with Gasteiger partial charge in [0, 0.05) is 6.07 Å². The molecule has 5 heteroatoms. The van der Waals surface area contributed by atoms with E-state index in [1.807, 2.05) is 0 Å². The second-order valence-electron chi connectivity index (χ2n) is 2.31. The molecule has 0 radical (unpaired) electrons. The van der Waals surface area contributed by atoms with Gasteiger partial charge in [0.1, 0.15) is 5.75 Å². The summed E-state index contributed by atoms with van der Waals surface area (Å²) in [5, 5.41) is 9.30. The fourth-order valence-electron chi connectivity index (χ4n) is 0.960. The average Bonchev–Trinajstić information content (AvgIpc) is 2.30. The summed E-state index contributed by atoms with van der Waals surface area (Å²) in [5.41, 5.74) is 0.768. The number of hydrogen-bond acceptors (Lipinski definition) is 3. The predicted octanol–water partition coefficient (Wildman–Crippen LogP) is 1.48. The van der Waals surface area contributed by atoms with E-state index < -0.39 is 5.76 Å². The van der Waals surface area contributed by atoms with E-state index in [4.69, 9.17) is 16.7 Å². The number of hydrogen-bond donors (Lipinski definition) is 2. The van der Waals surface area contributed by atoms with Gasteiger partial charge in [-0.3, -0.25) is 4.98 Å². The van der Waals surface area contributed by atoms with Crippen LogP contribution in [0, 0.1) is 0 Å². The van der Waals surface area contributed by atoms with Crippen LogP contribution in [0.15, 0.2) is 21.3 Å². The molecule has 1 aromatic heterocycles. The number of phenols is 1. The summed E-state index contributed by atoms with van der Waals surface area (Å²) in [4.78, 5) is 13.1. The number of nitrogens with one attached hydrogen (secondary N) is 1. The molecule has 2 aromatic rings. The summed E-state index contributed by atoms with van der Waals surface area (Å²) >= 11 is 5.58. The summed E-state index contributed by atoms with van der Waals surface area (Å²) in [5.74, 6) is -0.668. The maximum atomic E-state index is 10.7. The SMILES string of the molecule is O=c1[nH]c2cc(Cl)c(O)cc2o1. The van der Waals surface area contributed by atoms with Crippen molar-refractivity contribution in [1.82, 2.24) is 4.98 Å². The molecule has 0 spiro atoms. The van der Waals surface area contributed by atoms with E-state index in [0.29, 0.717) is 11.1 Å². The minimum Gasteiger partial charge on any atom is -0.506 e. The monoisotopic (exact) mass is 185 g/mol. The number of aromatic hydroxyl groups is 1. The Labute approximate surface area is 71.4 Å². The van der Waals surface area contributed by atoms with Crippen molar-refractivity contribution in [3.63, 3.8) is 0 Å². The molecule has 0 amide bonds. The number of H-pyrrole nitrogens is 1. The van der Waals surface area contributed by atoms with Crippen LogP contribution in [0.2, 0.25) is 5.02 Å². The topological polar surface area (TPSA) is 66.2 Å². The Bertz CT molecular complexity index is 443. The molecule has 62 valence electrons. The van der Waals surface area contributed by atoms with Crippen molar-refractivity contribution in [2.75, 3.05) is 0 Å². The first-order valence-corrected chi connectivity index (χ1v) is 3.56. The molecule has 0 saturated carbocycles. The fraction of sp³-hybridized carbons (Fsp3) is 0. The highest BCUT2D eigenvalue weighted by molar-refractivity contribution is 6.32. The Kier molecular flexibility index (Phi) is 1.38. The Morgan fingerprint density at radius 2 is 2.25 bits per heavy atom. The number of aromatic amines is 1. The normalized spacial score (nSPS) is 10.8. The third-order valence-corrected chi connectivity index (χ3v) is 1.79. The number of fused-ring (bicyclic) bond motifs is 1. The number of aromatic nitrogens is 1. The quantitative estimate of drug-likeness (QED) is 0.653.